The first-order valence-corrected chi connectivity index (χ1v) is 9.27. The fraction of sp³-hybridized carbons (Fsp3) is 0.600. The largest absolute Gasteiger partial charge is 0.456 e. The first-order chi connectivity index (χ1) is 12.0. The van der Waals surface area contributed by atoms with Crippen molar-refractivity contribution in [2.75, 3.05) is 30.9 Å². The normalized spacial score (nSPS) is 14.8. The van der Waals surface area contributed by atoms with Gasteiger partial charge in [0.25, 0.3) is 5.91 Å². The van der Waals surface area contributed by atoms with Gasteiger partial charge in [0.2, 0.25) is 0 Å². The number of ether oxygens (including phenoxy) is 1. The predicted octanol–water partition coefficient (Wildman–Crippen LogP) is 3.98. The molecular formula is C20H30N2O3. The molecule has 25 heavy (non-hydrogen) atoms. The van der Waals surface area contributed by atoms with Crippen molar-refractivity contribution in [2.24, 2.45) is 5.92 Å². The molecule has 1 saturated carbocycles. The Morgan fingerprint density at radius 3 is 2.44 bits per heavy atom. The number of nitrogens with zero attached hydrogens (tertiary/aromatic N) is 1. The highest BCUT2D eigenvalue weighted by Gasteiger charge is 2.14. The number of hydrogen-bond donors (Lipinski definition) is 1. The molecule has 1 aliphatic rings. The average Bonchev–Trinajstić information content (AvgIpc) is 2.61. The molecule has 138 valence electrons. The Labute approximate surface area is 150 Å². The fourth-order valence-electron chi connectivity index (χ4n) is 3.27. The summed E-state index contributed by atoms with van der Waals surface area (Å²) in [6, 6.07) is 7.51. The van der Waals surface area contributed by atoms with Gasteiger partial charge in [-0.3, -0.25) is 9.59 Å². The summed E-state index contributed by atoms with van der Waals surface area (Å²) in [5, 5.41) is 2.74. The van der Waals surface area contributed by atoms with Gasteiger partial charge in [-0.05, 0) is 43.0 Å². The van der Waals surface area contributed by atoms with Crippen LogP contribution in [0.5, 0.6) is 0 Å². The van der Waals surface area contributed by atoms with E-state index in [1.807, 2.05) is 43.3 Å². The van der Waals surface area contributed by atoms with E-state index in [2.05, 4.69) is 5.32 Å². The summed E-state index contributed by atoms with van der Waals surface area (Å²) < 4.78 is 5.07. The van der Waals surface area contributed by atoms with Gasteiger partial charge >= 0.3 is 5.97 Å². The van der Waals surface area contributed by atoms with Crippen molar-refractivity contribution in [3.05, 3.63) is 24.3 Å². The third-order valence-corrected chi connectivity index (χ3v) is 4.75. The first kappa shape index (κ1) is 19.3. The van der Waals surface area contributed by atoms with E-state index in [-0.39, 0.29) is 18.5 Å². The van der Waals surface area contributed by atoms with Crippen LogP contribution in [-0.4, -0.2) is 32.6 Å². The smallest absolute Gasteiger partial charge is 0.306 e. The standard InChI is InChI=1S/C20H30N2O3/c1-22(2)18-13-11-17(12-14-18)21-19(23)15-25-20(24)10-6-9-16-7-4-3-5-8-16/h11-14,16H,3-10,15H2,1-2H3,(H,21,23). The first-order valence-electron chi connectivity index (χ1n) is 9.27. The Kier molecular flexibility index (Phi) is 7.76. The van der Waals surface area contributed by atoms with Crippen LogP contribution in [0.15, 0.2) is 24.3 Å². The maximum atomic E-state index is 11.9. The number of carbonyl (C=O) groups is 2. The van der Waals surface area contributed by atoms with E-state index in [1.165, 1.54) is 32.1 Å². The van der Waals surface area contributed by atoms with Crippen molar-refractivity contribution in [2.45, 2.75) is 51.4 Å². The van der Waals surface area contributed by atoms with E-state index in [1.54, 1.807) is 0 Å². The Bertz CT molecular complexity index is 549. The number of hydrogen-bond acceptors (Lipinski definition) is 4. The molecule has 1 N–H and O–H groups in total. The van der Waals surface area contributed by atoms with Gasteiger partial charge in [0.1, 0.15) is 0 Å². The van der Waals surface area contributed by atoms with E-state index in [9.17, 15) is 9.59 Å². The molecule has 5 heteroatoms. The third kappa shape index (κ3) is 7.16. The number of esters is 1. The van der Waals surface area contributed by atoms with E-state index >= 15 is 0 Å². The lowest BCUT2D eigenvalue weighted by Crippen LogP contribution is -2.21. The summed E-state index contributed by atoms with van der Waals surface area (Å²) in [6.45, 7) is -0.225. The molecule has 0 radical (unpaired) electrons. The van der Waals surface area contributed by atoms with E-state index < -0.39 is 0 Å². The predicted molar refractivity (Wildman–Crippen MR) is 101 cm³/mol. The van der Waals surface area contributed by atoms with Crippen LogP contribution in [0.2, 0.25) is 0 Å². The average molecular weight is 346 g/mol. The summed E-state index contributed by atoms with van der Waals surface area (Å²) in [7, 11) is 3.92. The van der Waals surface area contributed by atoms with Crippen LogP contribution in [0, 0.1) is 5.92 Å². The second kappa shape index (κ2) is 10.1. The number of nitrogens with one attached hydrogen (secondary N) is 1. The number of carbonyl (C=O) groups excluding carboxylic acids is 2. The highest BCUT2D eigenvalue weighted by molar-refractivity contribution is 5.92. The molecular weight excluding hydrogens is 316 g/mol. The second-order valence-corrected chi connectivity index (χ2v) is 7.05. The maximum absolute atomic E-state index is 11.9. The Hall–Kier alpha value is -2.04. The van der Waals surface area contributed by atoms with Gasteiger partial charge in [-0.2, -0.15) is 0 Å². The van der Waals surface area contributed by atoms with Gasteiger partial charge in [-0.25, -0.2) is 0 Å². The fourth-order valence-corrected chi connectivity index (χ4v) is 3.27. The van der Waals surface area contributed by atoms with Crippen molar-refractivity contribution < 1.29 is 14.3 Å². The van der Waals surface area contributed by atoms with E-state index in [4.69, 9.17) is 4.74 Å². The number of amides is 1. The van der Waals surface area contributed by atoms with Crippen LogP contribution in [0.3, 0.4) is 0 Å². The van der Waals surface area contributed by atoms with Gasteiger partial charge in [-0.15, -0.1) is 0 Å². The summed E-state index contributed by atoms with van der Waals surface area (Å²) in [4.78, 5) is 25.6. The van der Waals surface area contributed by atoms with Gasteiger partial charge in [0, 0.05) is 31.9 Å². The molecule has 0 spiro atoms. The molecule has 0 aromatic heterocycles. The SMILES string of the molecule is CN(C)c1ccc(NC(=O)COC(=O)CCCC2CCCCC2)cc1. The van der Waals surface area contributed by atoms with E-state index in [0.717, 1.165) is 24.4 Å². The zero-order valence-corrected chi connectivity index (χ0v) is 15.4. The third-order valence-electron chi connectivity index (χ3n) is 4.75. The summed E-state index contributed by atoms with van der Waals surface area (Å²) in [6.07, 6.45) is 8.95. The zero-order chi connectivity index (χ0) is 18.1. The molecule has 0 heterocycles. The van der Waals surface area contributed by atoms with E-state index in [0.29, 0.717) is 12.1 Å². The van der Waals surface area contributed by atoms with Crippen molar-refractivity contribution in [3.63, 3.8) is 0 Å². The molecule has 0 saturated heterocycles. The molecule has 1 aromatic rings. The molecule has 0 atom stereocenters. The Morgan fingerprint density at radius 2 is 1.80 bits per heavy atom. The minimum Gasteiger partial charge on any atom is -0.456 e. The molecule has 1 amide bonds. The van der Waals surface area contributed by atoms with Crippen LogP contribution in [0.1, 0.15) is 51.4 Å². The number of benzene rings is 1. The highest BCUT2D eigenvalue weighted by Crippen LogP contribution is 2.27. The van der Waals surface area contributed by atoms with Crippen molar-refractivity contribution >= 4 is 23.3 Å². The van der Waals surface area contributed by atoms with Gasteiger partial charge in [0.15, 0.2) is 6.61 Å². The lowest BCUT2D eigenvalue weighted by Gasteiger charge is -2.20. The van der Waals surface area contributed by atoms with Crippen molar-refractivity contribution in [1.82, 2.24) is 0 Å². The van der Waals surface area contributed by atoms with Crippen molar-refractivity contribution in [3.8, 4) is 0 Å². The molecule has 5 nitrogen and oxygen atoms in total. The number of rotatable bonds is 8. The van der Waals surface area contributed by atoms with Crippen LogP contribution in [0.25, 0.3) is 0 Å². The minimum atomic E-state index is -0.307. The molecule has 1 aliphatic carbocycles. The van der Waals surface area contributed by atoms with Crippen LogP contribution < -0.4 is 10.2 Å². The lowest BCUT2D eigenvalue weighted by molar-refractivity contribution is -0.147. The Balaban J connectivity index is 1.61. The molecule has 1 aromatic carbocycles. The minimum absolute atomic E-state index is 0.225. The summed E-state index contributed by atoms with van der Waals surface area (Å²) in [5.41, 5.74) is 1.76. The topological polar surface area (TPSA) is 58.6 Å². The van der Waals surface area contributed by atoms with Crippen molar-refractivity contribution in [1.29, 1.82) is 0 Å². The quantitative estimate of drug-likeness (QED) is 0.723. The zero-order valence-electron chi connectivity index (χ0n) is 15.4. The van der Waals surface area contributed by atoms with Gasteiger partial charge in [-0.1, -0.05) is 32.1 Å². The molecule has 0 bridgehead atoms. The lowest BCUT2D eigenvalue weighted by atomic mass is 9.86. The van der Waals surface area contributed by atoms with Crippen LogP contribution in [-0.2, 0) is 14.3 Å². The molecule has 1 fully saturated rings. The summed E-state index contributed by atoms with van der Waals surface area (Å²) in [5.74, 6) is 0.183. The van der Waals surface area contributed by atoms with Crippen LogP contribution >= 0.6 is 0 Å². The van der Waals surface area contributed by atoms with Gasteiger partial charge < -0.3 is 15.0 Å². The van der Waals surface area contributed by atoms with Crippen LogP contribution in [0.4, 0.5) is 11.4 Å². The number of anilines is 2. The van der Waals surface area contributed by atoms with Gasteiger partial charge in [0.05, 0.1) is 0 Å². The highest BCUT2D eigenvalue weighted by atomic mass is 16.5. The second-order valence-electron chi connectivity index (χ2n) is 7.05. The maximum Gasteiger partial charge on any atom is 0.306 e. The molecule has 0 unspecified atom stereocenters. The monoisotopic (exact) mass is 346 g/mol. The molecule has 0 aliphatic heterocycles. The molecule has 2 rings (SSSR count). The Morgan fingerprint density at radius 1 is 1.12 bits per heavy atom. The summed E-state index contributed by atoms with van der Waals surface area (Å²) >= 11 is 0.